The zero-order chi connectivity index (χ0) is 18.2. The van der Waals surface area contributed by atoms with Gasteiger partial charge in [0, 0.05) is 15.6 Å². The van der Waals surface area contributed by atoms with Crippen molar-refractivity contribution in [3.05, 3.63) is 75.1 Å². The third-order valence-corrected chi connectivity index (χ3v) is 6.12. The van der Waals surface area contributed by atoms with Gasteiger partial charge in [0.15, 0.2) is 9.84 Å². The number of nitrogens with zero attached hydrogens (tertiary/aromatic N) is 1. The number of hydrogen-bond acceptors (Lipinski definition) is 3. The fraction of sp³-hybridized carbons (Fsp3) is 0.211. The average molecular weight is 420 g/mol. The van der Waals surface area contributed by atoms with Crippen molar-refractivity contribution >= 4 is 37.4 Å². The van der Waals surface area contributed by atoms with E-state index in [1.165, 1.54) is 5.41 Å². The maximum atomic E-state index is 13.3. The SMILES string of the molecule is Cc1cc(C)cc(N(C(=O)c2ccccc2Br)[C@@H]2C=CS(=O)(=O)C2)c1. The molecule has 0 fully saturated rings. The van der Waals surface area contributed by atoms with Crippen LogP contribution in [-0.4, -0.2) is 26.1 Å². The van der Waals surface area contributed by atoms with Crippen LogP contribution >= 0.6 is 15.9 Å². The van der Waals surface area contributed by atoms with Crippen molar-refractivity contribution in [2.75, 3.05) is 10.7 Å². The van der Waals surface area contributed by atoms with Crippen LogP contribution in [-0.2, 0) is 9.84 Å². The van der Waals surface area contributed by atoms with E-state index in [0.717, 1.165) is 11.1 Å². The number of anilines is 1. The molecular weight excluding hydrogens is 402 g/mol. The minimum atomic E-state index is -3.28. The zero-order valence-electron chi connectivity index (χ0n) is 13.9. The molecule has 130 valence electrons. The molecule has 2 aromatic carbocycles. The molecule has 1 amide bonds. The van der Waals surface area contributed by atoms with Gasteiger partial charge in [0.05, 0.1) is 17.4 Å². The lowest BCUT2D eigenvalue weighted by molar-refractivity contribution is 0.0982. The number of carbonyl (C=O) groups excluding carboxylic acids is 1. The molecule has 0 saturated heterocycles. The summed E-state index contributed by atoms with van der Waals surface area (Å²) in [6, 6.07) is 12.5. The molecule has 0 radical (unpaired) electrons. The molecule has 25 heavy (non-hydrogen) atoms. The van der Waals surface area contributed by atoms with Crippen LogP contribution in [0, 0.1) is 13.8 Å². The highest BCUT2D eigenvalue weighted by molar-refractivity contribution is 9.10. The predicted molar refractivity (Wildman–Crippen MR) is 104 cm³/mol. The van der Waals surface area contributed by atoms with Gasteiger partial charge in [-0.1, -0.05) is 18.2 Å². The number of rotatable bonds is 3. The van der Waals surface area contributed by atoms with Gasteiger partial charge in [0.2, 0.25) is 0 Å². The van der Waals surface area contributed by atoms with Crippen LogP contribution in [0.2, 0.25) is 0 Å². The standard InChI is InChI=1S/C19H18BrNO3S/c1-13-9-14(2)11-16(10-13)21(15-7-8-25(23,24)12-15)19(22)17-5-3-4-6-18(17)20/h3-11,15H,12H2,1-2H3/t15-/m1/s1. The van der Waals surface area contributed by atoms with Crippen LogP contribution in [0.4, 0.5) is 5.69 Å². The minimum Gasteiger partial charge on any atom is -0.300 e. The maximum Gasteiger partial charge on any atom is 0.260 e. The Morgan fingerprint density at radius 1 is 1.12 bits per heavy atom. The summed E-state index contributed by atoms with van der Waals surface area (Å²) in [5.74, 6) is -0.333. The quantitative estimate of drug-likeness (QED) is 0.754. The highest BCUT2D eigenvalue weighted by Crippen LogP contribution is 2.28. The molecule has 0 spiro atoms. The van der Waals surface area contributed by atoms with Gasteiger partial charge in [-0.15, -0.1) is 0 Å². The second-order valence-electron chi connectivity index (χ2n) is 6.23. The van der Waals surface area contributed by atoms with E-state index >= 15 is 0 Å². The highest BCUT2D eigenvalue weighted by Gasteiger charge is 2.32. The van der Waals surface area contributed by atoms with Crippen molar-refractivity contribution in [3.8, 4) is 0 Å². The van der Waals surface area contributed by atoms with E-state index in [1.54, 1.807) is 29.2 Å². The Kier molecular flexibility index (Phi) is 4.84. The predicted octanol–water partition coefficient (Wildman–Crippen LogP) is 4.02. The average Bonchev–Trinajstić information content (AvgIpc) is 2.86. The number of carbonyl (C=O) groups is 1. The van der Waals surface area contributed by atoms with Gasteiger partial charge in [0.25, 0.3) is 5.91 Å². The number of sulfone groups is 1. The first-order chi connectivity index (χ1) is 11.8. The van der Waals surface area contributed by atoms with Gasteiger partial charge in [-0.25, -0.2) is 8.42 Å². The van der Waals surface area contributed by atoms with E-state index in [-0.39, 0.29) is 11.7 Å². The third-order valence-electron chi connectivity index (χ3n) is 4.05. The molecule has 0 aromatic heterocycles. The van der Waals surface area contributed by atoms with Crippen molar-refractivity contribution in [2.24, 2.45) is 0 Å². The van der Waals surface area contributed by atoms with Crippen molar-refractivity contribution in [1.29, 1.82) is 0 Å². The lowest BCUT2D eigenvalue weighted by Crippen LogP contribution is -2.41. The van der Waals surface area contributed by atoms with E-state index in [1.807, 2.05) is 38.1 Å². The third kappa shape index (κ3) is 3.85. The van der Waals surface area contributed by atoms with Gasteiger partial charge in [0.1, 0.15) is 0 Å². The van der Waals surface area contributed by atoms with Crippen LogP contribution in [0.3, 0.4) is 0 Å². The van der Waals surface area contributed by atoms with Crippen molar-refractivity contribution in [1.82, 2.24) is 0 Å². The van der Waals surface area contributed by atoms with E-state index in [0.29, 0.717) is 15.7 Å². The Morgan fingerprint density at radius 2 is 1.76 bits per heavy atom. The smallest absolute Gasteiger partial charge is 0.260 e. The van der Waals surface area contributed by atoms with Gasteiger partial charge in [-0.3, -0.25) is 4.79 Å². The van der Waals surface area contributed by atoms with Gasteiger partial charge < -0.3 is 4.90 Å². The first-order valence-corrected chi connectivity index (χ1v) is 10.3. The Labute approximate surface area is 156 Å². The molecule has 2 aromatic rings. The van der Waals surface area contributed by atoms with E-state index < -0.39 is 15.9 Å². The molecule has 4 nitrogen and oxygen atoms in total. The molecule has 1 heterocycles. The van der Waals surface area contributed by atoms with Crippen LogP contribution in [0.5, 0.6) is 0 Å². The normalized spacial score (nSPS) is 18.3. The summed E-state index contributed by atoms with van der Waals surface area (Å²) in [6.07, 6.45) is 1.59. The molecule has 3 rings (SSSR count). The van der Waals surface area contributed by atoms with Gasteiger partial charge in [-0.2, -0.15) is 0 Å². The molecule has 1 atom stereocenters. The Balaban J connectivity index is 2.11. The topological polar surface area (TPSA) is 54.5 Å². The van der Waals surface area contributed by atoms with E-state index in [2.05, 4.69) is 15.9 Å². The summed E-state index contributed by atoms with van der Waals surface area (Å²) in [5, 5.41) is 1.20. The summed E-state index contributed by atoms with van der Waals surface area (Å²) in [6.45, 7) is 3.91. The molecule has 0 bridgehead atoms. The lowest BCUT2D eigenvalue weighted by atomic mass is 10.1. The lowest BCUT2D eigenvalue weighted by Gasteiger charge is -2.29. The molecule has 1 aliphatic heterocycles. The molecule has 0 aliphatic carbocycles. The van der Waals surface area contributed by atoms with Crippen molar-refractivity contribution < 1.29 is 13.2 Å². The summed E-state index contributed by atoms with van der Waals surface area (Å²) in [4.78, 5) is 14.8. The van der Waals surface area contributed by atoms with Crippen molar-refractivity contribution in [2.45, 2.75) is 19.9 Å². The van der Waals surface area contributed by atoms with Crippen LogP contribution in [0.1, 0.15) is 21.5 Å². The molecule has 6 heteroatoms. The Hall–Kier alpha value is -1.92. The minimum absolute atomic E-state index is 0.101. The molecule has 0 N–H and O–H groups in total. The first-order valence-electron chi connectivity index (χ1n) is 7.84. The summed E-state index contributed by atoms with van der Waals surface area (Å²) < 4.78 is 24.5. The summed E-state index contributed by atoms with van der Waals surface area (Å²) >= 11 is 3.41. The van der Waals surface area contributed by atoms with Crippen LogP contribution < -0.4 is 4.90 Å². The summed E-state index contributed by atoms with van der Waals surface area (Å²) in [5.41, 5.74) is 3.24. The van der Waals surface area contributed by atoms with E-state index in [9.17, 15) is 13.2 Å². The molecule has 0 saturated carbocycles. The second kappa shape index (κ2) is 6.77. The second-order valence-corrected chi connectivity index (χ2v) is 9.01. The number of aryl methyl sites for hydroxylation is 2. The molecule has 0 unspecified atom stereocenters. The fourth-order valence-corrected chi connectivity index (χ4v) is 4.76. The van der Waals surface area contributed by atoms with Crippen LogP contribution in [0.15, 0.2) is 58.4 Å². The molecular formula is C19H18BrNO3S. The fourth-order valence-electron chi connectivity index (χ4n) is 3.03. The number of amides is 1. The van der Waals surface area contributed by atoms with Gasteiger partial charge in [-0.05, 0) is 71.2 Å². The van der Waals surface area contributed by atoms with Crippen molar-refractivity contribution in [3.63, 3.8) is 0 Å². The molecule has 1 aliphatic rings. The zero-order valence-corrected chi connectivity index (χ0v) is 16.3. The maximum absolute atomic E-state index is 13.3. The number of halogens is 1. The Bertz CT molecular complexity index is 946. The summed E-state index contributed by atoms with van der Waals surface area (Å²) in [7, 11) is -3.28. The largest absolute Gasteiger partial charge is 0.300 e. The number of hydrogen-bond donors (Lipinski definition) is 0. The Morgan fingerprint density at radius 3 is 2.32 bits per heavy atom. The van der Waals surface area contributed by atoms with Gasteiger partial charge >= 0.3 is 0 Å². The number of benzene rings is 2. The van der Waals surface area contributed by atoms with Crippen LogP contribution in [0.25, 0.3) is 0 Å². The highest BCUT2D eigenvalue weighted by atomic mass is 79.9. The monoisotopic (exact) mass is 419 g/mol. The van der Waals surface area contributed by atoms with E-state index in [4.69, 9.17) is 0 Å². The first kappa shape index (κ1) is 17.9.